The zero-order valence-corrected chi connectivity index (χ0v) is 14.5. The maximum atomic E-state index is 13.7. The lowest BCUT2D eigenvalue weighted by Gasteiger charge is -2.20. The standard InChI is InChI=1S/C17H19F2N5O2/c1-17(2,3)24-14-9(7-21-24)15(26)23-16(22-14)20-8-12(25)13-10(18)5-4-6-11(13)19/h4-7,12,25H,8H2,1-3H3,(H2,20,22,23,26). The number of anilines is 1. The minimum absolute atomic E-state index is 0.0734. The number of aliphatic hydroxyl groups excluding tert-OH is 1. The number of benzene rings is 1. The first-order chi connectivity index (χ1) is 12.2. The summed E-state index contributed by atoms with van der Waals surface area (Å²) in [7, 11) is 0. The molecule has 0 saturated carbocycles. The Bertz CT molecular complexity index is 986. The summed E-state index contributed by atoms with van der Waals surface area (Å²) in [6, 6.07) is 3.35. The Hall–Kier alpha value is -2.81. The minimum Gasteiger partial charge on any atom is -0.386 e. The highest BCUT2D eigenvalue weighted by atomic mass is 19.1. The van der Waals surface area contributed by atoms with Gasteiger partial charge in [-0.3, -0.25) is 9.78 Å². The van der Waals surface area contributed by atoms with E-state index in [1.807, 2.05) is 20.8 Å². The number of aromatic nitrogens is 4. The molecule has 0 saturated heterocycles. The molecule has 0 fully saturated rings. The molecule has 138 valence electrons. The number of aliphatic hydroxyl groups is 1. The summed E-state index contributed by atoms with van der Waals surface area (Å²) in [5.41, 5.74) is -0.867. The lowest BCUT2D eigenvalue weighted by molar-refractivity contribution is 0.181. The molecular weight excluding hydrogens is 344 g/mol. The predicted octanol–water partition coefficient (Wildman–Crippen LogP) is 2.30. The van der Waals surface area contributed by atoms with Crippen molar-refractivity contribution in [1.82, 2.24) is 19.7 Å². The van der Waals surface area contributed by atoms with Crippen LogP contribution in [-0.2, 0) is 5.54 Å². The Kier molecular flexibility index (Phi) is 4.49. The van der Waals surface area contributed by atoms with E-state index in [4.69, 9.17) is 0 Å². The summed E-state index contributed by atoms with van der Waals surface area (Å²) in [5.74, 6) is -1.62. The second kappa shape index (κ2) is 6.49. The van der Waals surface area contributed by atoms with Crippen molar-refractivity contribution in [2.75, 3.05) is 11.9 Å². The first kappa shape index (κ1) is 18.0. The molecule has 1 unspecified atom stereocenters. The van der Waals surface area contributed by atoms with Gasteiger partial charge in [0.05, 0.1) is 17.3 Å². The molecule has 0 aliphatic carbocycles. The van der Waals surface area contributed by atoms with Crippen LogP contribution in [0.25, 0.3) is 11.0 Å². The maximum Gasteiger partial charge on any atom is 0.263 e. The van der Waals surface area contributed by atoms with Crippen LogP contribution in [0.1, 0.15) is 32.4 Å². The van der Waals surface area contributed by atoms with Gasteiger partial charge in [-0.05, 0) is 32.9 Å². The fourth-order valence-corrected chi connectivity index (χ4v) is 2.62. The Morgan fingerprint density at radius 2 is 1.96 bits per heavy atom. The van der Waals surface area contributed by atoms with Crippen molar-refractivity contribution >= 4 is 17.0 Å². The van der Waals surface area contributed by atoms with Gasteiger partial charge in [0, 0.05) is 6.54 Å². The van der Waals surface area contributed by atoms with E-state index in [1.54, 1.807) is 4.68 Å². The van der Waals surface area contributed by atoms with Gasteiger partial charge in [0.25, 0.3) is 5.56 Å². The van der Waals surface area contributed by atoms with E-state index < -0.39 is 34.4 Å². The predicted molar refractivity (Wildman–Crippen MR) is 93.0 cm³/mol. The minimum atomic E-state index is -1.45. The third-order valence-electron chi connectivity index (χ3n) is 3.87. The van der Waals surface area contributed by atoms with Crippen LogP contribution in [0.15, 0.2) is 29.2 Å². The van der Waals surface area contributed by atoms with E-state index in [2.05, 4.69) is 20.4 Å². The van der Waals surface area contributed by atoms with Crippen LogP contribution in [0.3, 0.4) is 0 Å². The van der Waals surface area contributed by atoms with Crippen molar-refractivity contribution in [2.24, 2.45) is 0 Å². The SMILES string of the molecule is CC(C)(C)n1ncc2c(=O)[nH]c(NCC(O)c3c(F)cccc3F)nc21. The highest BCUT2D eigenvalue weighted by Crippen LogP contribution is 2.22. The summed E-state index contributed by atoms with van der Waals surface area (Å²) in [5, 5.41) is 17.3. The number of H-pyrrole nitrogens is 1. The summed E-state index contributed by atoms with van der Waals surface area (Å²) >= 11 is 0. The van der Waals surface area contributed by atoms with E-state index in [0.29, 0.717) is 11.0 Å². The van der Waals surface area contributed by atoms with Crippen molar-refractivity contribution in [3.8, 4) is 0 Å². The molecule has 2 heterocycles. The summed E-state index contributed by atoms with van der Waals surface area (Å²) in [4.78, 5) is 19.0. The second-order valence-electron chi connectivity index (χ2n) is 6.91. The van der Waals surface area contributed by atoms with Crippen LogP contribution >= 0.6 is 0 Å². The Balaban J connectivity index is 1.89. The number of nitrogens with zero attached hydrogens (tertiary/aromatic N) is 3. The maximum absolute atomic E-state index is 13.7. The number of rotatable bonds is 4. The van der Waals surface area contributed by atoms with Crippen molar-refractivity contribution in [2.45, 2.75) is 32.4 Å². The van der Waals surface area contributed by atoms with Gasteiger partial charge < -0.3 is 10.4 Å². The zero-order chi connectivity index (χ0) is 19.1. The van der Waals surface area contributed by atoms with Crippen LogP contribution in [0.4, 0.5) is 14.7 Å². The first-order valence-corrected chi connectivity index (χ1v) is 8.03. The topological polar surface area (TPSA) is 95.8 Å². The van der Waals surface area contributed by atoms with E-state index in [9.17, 15) is 18.7 Å². The smallest absolute Gasteiger partial charge is 0.263 e. The van der Waals surface area contributed by atoms with Crippen molar-refractivity contribution in [3.05, 3.63) is 51.9 Å². The van der Waals surface area contributed by atoms with Gasteiger partial charge in [0.15, 0.2) is 5.65 Å². The second-order valence-corrected chi connectivity index (χ2v) is 6.91. The van der Waals surface area contributed by atoms with Crippen LogP contribution in [0.2, 0.25) is 0 Å². The molecule has 3 aromatic rings. The molecule has 0 aliphatic heterocycles. The number of aromatic amines is 1. The third kappa shape index (κ3) is 3.30. The van der Waals surface area contributed by atoms with Crippen molar-refractivity contribution < 1.29 is 13.9 Å². The summed E-state index contributed by atoms with van der Waals surface area (Å²) < 4.78 is 29.1. The Morgan fingerprint density at radius 3 is 2.58 bits per heavy atom. The molecule has 1 aromatic carbocycles. The van der Waals surface area contributed by atoms with Gasteiger partial charge in [0.2, 0.25) is 5.95 Å². The van der Waals surface area contributed by atoms with Crippen molar-refractivity contribution in [1.29, 1.82) is 0 Å². The highest BCUT2D eigenvalue weighted by Gasteiger charge is 2.21. The summed E-state index contributed by atoms with van der Waals surface area (Å²) in [6.07, 6.45) is -0.0236. The average Bonchev–Trinajstić information content (AvgIpc) is 2.97. The van der Waals surface area contributed by atoms with Crippen LogP contribution in [0.5, 0.6) is 0 Å². The van der Waals surface area contributed by atoms with Gasteiger partial charge >= 0.3 is 0 Å². The molecule has 0 spiro atoms. The molecule has 0 radical (unpaired) electrons. The van der Waals surface area contributed by atoms with Gasteiger partial charge in [-0.2, -0.15) is 10.1 Å². The molecule has 0 amide bonds. The zero-order valence-electron chi connectivity index (χ0n) is 14.5. The number of nitrogens with one attached hydrogen (secondary N) is 2. The molecule has 2 aromatic heterocycles. The third-order valence-corrected chi connectivity index (χ3v) is 3.87. The number of hydrogen-bond acceptors (Lipinski definition) is 5. The average molecular weight is 363 g/mol. The number of fused-ring (bicyclic) bond motifs is 1. The summed E-state index contributed by atoms with van der Waals surface area (Å²) in [6.45, 7) is 5.51. The molecular formula is C17H19F2N5O2. The Labute approximate surface area is 147 Å². The molecule has 3 N–H and O–H groups in total. The molecule has 9 heteroatoms. The first-order valence-electron chi connectivity index (χ1n) is 8.03. The van der Waals surface area contributed by atoms with Gasteiger partial charge in [-0.1, -0.05) is 6.07 Å². The lowest BCUT2D eigenvalue weighted by atomic mass is 10.1. The fourth-order valence-electron chi connectivity index (χ4n) is 2.62. The molecule has 3 rings (SSSR count). The monoisotopic (exact) mass is 363 g/mol. The fraction of sp³-hybridized carbons (Fsp3) is 0.353. The van der Waals surface area contributed by atoms with Gasteiger partial charge in [-0.25, -0.2) is 13.5 Å². The van der Waals surface area contributed by atoms with Gasteiger partial charge in [-0.15, -0.1) is 0 Å². The lowest BCUT2D eigenvalue weighted by Crippen LogP contribution is -2.24. The molecule has 1 atom stereocenters. The van der Waals surface area contributed by atoms with E-state index in [0.717, 1.165) is 12.1 Å². The van der Waals surface area contributed by atoms with Crippen molar-refractivity contribution in [3.63, 3.8) is 0 Å². The van der Waals surface area contributed by atoms with E-state index >= 15 is 0 Å². The van der Waals surface area contributed by atoms with Gasteiger partial charge in [0.1, 0.15) is 23.1 Å². The van der Waals surface area contributed by atoms with Crippen LogP contribution in [-0.4, -0.2) is 31.4 Å². The molecule has 26 heavy (non-hydrogen) atoms. The molecule has 0 aliphatic rings. The number of hydrogen-bond donors (Lipinski definition) is 3. The molecule has 0 bridgehead atoms. The normalized spacial score (nSPS) is 13.2. The highest BCUT2D eigenvalue weighted by molar-refractivity contribution is 5.74. The number of halogens is 2. The van der Waals surface area contributed by atoms with E-state index in [-0.39, 0.29) is 12.5 Å². The molecule has 7 nitrogen and oxygen atoms in total. The quantitative estimate of drug-likeness (QED) is 0.661. The van der Waals surface area contributed by atoms with Crippen LogP contribution in [0, 0.1) is 11.6 Å². The van der Waals surface area contributed by atoms with E-state index in [1.165, 1.54) is 12.3 Å². The Morgan fingerprint density at radius 1 is 1.31 bits per heavy atom. The van der Waals surface area contributed by atoms with Crippen LogP contribution < -0.4 is 10.9 Å². The largest absolute Gasteiger partial charge is 0.386 e.